The zero-order valence-corrected chi connectivity index (χ0v) is 14.2. The van der Waals surface area contributed by atoms with Crippen LogP contribution < -0.4 is 10.2 Å². The van der Waals surface area contributed by atoms with E-state index in [2.05, 4.69) is 70.0 Å². The van der Waals surface area contributed by atoms with E-state index in [1.54, 1.807) is 0 Å². The lowest BCUT2D eigenvalue weighted by molar-refractivity contribution is 0.702. The Morgan fingerprint density at radius 2 is 2.26 bits per heavy atom. The van der Waals surface area contributed by atoms with Gasteiger partial charge in [0.2, 0.25) is 0 Å². The molecule has 0 aliphatic carbocycles. The first-order chi connectivity index (χ1) is 9.24. The maximum atomic E-state index is 3.59. The van der Waals surface area contributed by atoms with Crippen molar-refractivity contribution in [1.29, 1.82) is 0 Å². The van der Waals surface area contributed by atoms with Crippen LogP contribution in [0.1, 0.15) is 25.8 Å². The van der Waals surface area contributed by atoms with E-state index in [0.29, 0.717) is 0 Å². The first kappa shape index (κ1) is 15.2. The molecule has 106 valence electrons. The van der Waals surface area contributed by atoms with Gasteiger partial charge in [-0.1, -0.05) is 29.8 Å². The van der Waals surface area contributed by atoms with Gasteiger partial charge in [0.05, 0.1) is 0 Å². The molecule has 0 bridgehead atoms. The molecule has 1 aromatic rings. The van der Waals surface area contributed by atoms with E-state index in [4.69, 9.17) is 0 Å². The quantitative estimate of drug-likeness (QED) is 0.873. The fourth-order valence-corrected chi connectivity index (χ4v) is 4.04. The first-order valence-electron chi connectivity index (χ1n) is 7.10. The van der Waals surface area contributed by atoms with E-state index >= 15 is 0 Å². The molecule has 1 aliphatic rings. The minimum atomic E-state index is 0.782. The van der Waals surface area contributed by atoms with Gasteiger partial charge in [0, 0.05) is 40.8 Å². The number of hydrogen-bond acceptors (Lipinski definition) is 3. The molecule has 1 heterocycles. The minimum Gasteiger partial charge on any atom is -0.369 e. The van der Waals surface area contributed by atoms with E-state index in [1.165, 1.54) is 41.0 Å². The van der Waals surface area contributed by atoms with Crippen molar-refractivity contribution in [2.45, 2.75) is 32.1 Å². The highest BCUT2D eigenvalue weighted by Gasteiger charge is 2.20. The van der Waals surface area contributed by atoms with Crippen molar-refractivity contribution in [2.75, 3.05) is 30.3 Å². The molecule has 1 N–H and O–H groups in total. The van der Waals surface area contributed by atoms with Gasteiger partial charge in [-0.2, -0.15) is 11.8 Å². The van der Waals surface area contributed by atoms with E-state index < -0.39 is 0 Å². The number of nitrogens with zero attached hydrogens (tertiary/aromatic N) is 1. The summed E-state index contributed by atoms with van der Waals surface area (Å²) in [4.78, 5) is 2.56. The van der Waals surface area contributed by atoms with Crippen molar-refractivity contribution in [2.24, 2.45) is 0 Å². The normalized spacial score (nSPS) is 19.7. The fraction of sp³-hybridized carbons (Fsp3) is 0.600. The number of halogens is 1. The molecule has 0 aromatic heterocycles. The number of benzene rings is 1. The minimum absolute atomic E-state index is 0.782. The van der Waals surface area contributed by atoms with Crippen LogP contribution in [-0.4, -0.2) is 30.6 Å². The Labute approximate surface area is 129 Å². The predicted molar refractivity (Wildman–Crippen MR) is 90.3 cm³/mol. The van der Waals surface area contributed by atoms with Gasteiger partial charge in [-0.3, -0.25) is 0 Å². The summed E-state index contributed by atoms with van der Waals surface area (Å²) in [6.45, 7) is 8.76. The van der Waals surface area contributed by atoms with Crippen LogP contribution >= 0.6 is 27.7 Å². The number of hydrogen-bond donors (Lipinski definition) is 1. The largest absolute Gasteiger partial charge is 0.369 e. The molecule has 0 spiro atoms. The molecule has 1 aliphatic heterocycles. The maximum absolute atomic E-state index is 3.59. The molecule has 2 rings (SSSR count). The Bertz CT molecular complexity index is 411. The number of nitrogens with one attached hydrogen (secondary N) is 1. The van der Waals surface area contributed by atoms with Crippen LogP contribution in [0.5, 0.6) is 0 Å². The zero-order valence-electron chi connectivity index (χ0n) is 11.8. The summed E-state index contributed by atoms with van der Waals surface area (Å²) in [5, 5.41) is 4.23. The van der Waals surface area contributed by atoms with Gasteiger partial charge in [0.25, 0.3) is 0 Å². The Hall–Kier alpha value is -0.190. The summed E-state index contributed by atoms with van der Waals surface area (Å²) in [5.74, 6) is 1.25. The first-order valence-corrected chi connectivity index (χ1v) is 8.94. The molecule has 19 heavy (non-hydrogen) atoms. The van der Waals surface area contributed by atoms with Crippen molar-refractivity contribution in [3.8, 4) is 0 Å². The molecule has 1 fully saturated rings. The van der Waals surface area contributed by atoms with E-state index in [0.717, 1.165) is 18.3 Å². The molecule has 0 radical (unpaired) electrons. The SMILES string of the molecule is CCNCc1cc(Br)ccc1N1CCSC(CC)C1. The number of anilines is 1. The molecule has 2 nitrogen and oxygen atoms in total. The summed E-state index contributed by atoms with van der Waals surface area (Å²) in [5.41, 5.74) is 2.81. The average Bonchev–Trinajstić information content (AvgIpc) is 2.45. The Kier molecular flexibility index (Phi) is 6.05. The number of rotatable bonds is 5. The molecule has 0 saturated carbocycles. The molecule has 1 atom stereocenters. The van der Waals surface area contributed by atoms with Crippen LogP contribution in [-0.2, 0) is 6.54 Å². The average molecular weight is 343 g/mol. The molecular formula is C15H23BrN2S. The second-order valence-corrected chi connectivity index (χ2v) is 7.22. The Morgan fingerprint density at radius 1 is 1.42 bits per heavy atom. The molecule has 1 unspecified atom stereocenters. The lowest BCUT2D eigenvalue weighted by Crippen LogP contribution is -2.38. The van der Waals surface area contributed by atoms with Gasteiger partial charge >= 0.3 is 0 Å². The van der Waals surface area contributed by atoms with Gasteiger partial charge in [-0.05, 0) is 36.7 Å². The van der Waals surface area contributed by atoms with Crippen LogP contribution in [0.4, 0.5) is 5.69 Å². The van der Waals surface area contributed by atoms with Crippen LogP contribution in [0.3, 0.4) is 0 Å². The summed E-state index contributed by atoms with van der Waals surface area (Å²) < 4.78 is 1.17. The summed E-state index contributed by atoms with van der Waals surface area (Å²) in [7, 11) is 0. The standard InChI is InChI=1S/C15H23BrN2S/c1-3-14-11-18(7-8-19-14)15-6-5-13(16)9-12(15)10-17-4-2/h5-6,9,14,17H,3-4,7-8,10-11H2,1-2H3. The van der Waals surface area contributed by atoms with Crippen LogP contribution in [0.15, 0.2) is 22.7 Å². The Morgan fingerprint density at radius 3 is 3.00 bits per heavy atom. The topological polar surface area (TPSA) is 15.3 Å². The Balaban J connectivity index is 2.17. The monoisotopic (exact) mass is 342 g/mol. The smallest absolute Gasteiger partial charge is 0.0413 e. The van der Waals surface area contributed by atoms with Gasteiger partial charge in [0.15, 0.2) is 0 Å². The van der Waals surface area contributed by atoms with Crippen LogP contribution in [0.25, 0.3) is 0 Å². The molecular weight excluding hydrogens is 320 g/mol. The fourth-order valence-electron chi connectivity index (χ4n) is 2.45. The van der Waals surface area contributed by atoms with Crippen LogP contribution in [0.2, 0.25) is 0 Å². The molecule has 1 saturated heterocycles. The van der Waals surface area contributed by atoms with Crippen molar-refractivity contribution in [3.05, 3.63) is 28.2 Å². The summed E-state index contributed by atoms with van der Waals surface area (Å²) in [6.07, 6.45) is 1.26. The van der Waals surface area contributed by atoms with E-state index in [1.807, 2.05) is 0 Å². The predicted octanol–water partition coefficient (Wildman–Crippen LogP) is 3.89. The van der Waals surface area contributed by atoms with Gasteiger partial charge in [-0.25, -0.2) is 0 Å². The third-order valence-electron chi connectivity index (χ3n) is 3.54. The van der Waals surface area contributed by atoms with Crippen molar-refractivity contribution >= 4 is 33.4 Å². The van der Waals surface area contributed by atoms with E-state index in [-0.39, 0.29) is 0 Å². The molecule has 0 amide bonds. The van der Waals surface area contributed by atoms with Gasteiger partial charge in [0.1, 0.15) is 0 Å². The van der Waals surface area contributed by atoms with E-state index in [9.17, 15) is 0 Å². The highest BCUT2D eigenvalue weighted by molar-refractivity contribution is 9.10. The third kappa shape index (κ3) is 4.14. The zero-order chi connectivity index (χ0) is 13.7. The molecule has 4 heteroatoms. The summed E-state index contributed by atoms with van der Waals surface area (Å²) >= 11 is 5.71. The summed E-state index contributed by atoms with van der Waals surface area (Å²) in [6, 6.07) is 6.67. The highest BCUT2D eigenvalue weighted by atomic mass is 79.9. The van der Waals surface area contributed by atoms with Crippen LogP contribution in [0, 0.1) is 0 Å². The third-order valence-corrected chi connectivity index (χ3v) is 5.41. The highest BCUT2D eigenvalue weighted by Crippen LogP contribution is 2.30. The lowest BCUT2D eigenvalue weighted by Gasteiger charge is -2.35. The second kappa shape index (κ2) is 7.55. The van der Waals surface area contributed by atoms with Gasteiger partial charge in [-0.15, -0.1) is 0 Å². The second-order valence-electron chi connectivity index (χ2n) is 4.90. The van der Waals surface area contributed by atoms with Crippen molar-refractivity contribution in [1.82, 2.24) is 5.32 Å². The lowest BCUT2D eigenvalue weighted by atomic mass is 10.1. The number of thioether (sulfide) groups is 1. The molecule has 1 aromatic carbocycles. The van der Waals surface area contributed by atoms with Gasteiger partial charge < -0.3 is 10.2 Å². The van der Waals surface area contributed by atoms with Crippen molar-refractivity contribution in [3.63, 3.8) is 0 Å². The van der Waals surface area contributed by atoms with Crippen molar-refractivity contribution < 1.29 is 0 Å². The maximum Gasteiger partial charge on any atom is 0.0413 e.